The van der Waals surface area contributed by atoms with Crippen LogP contribution in [0, 0.1) is 0 Å². The van der Waals surface area contributed by atoms with Crippen molar-refractivity contribution in [2.75, 3.05) is 33.5 Å². The number of rotatable bonds is 9. The molecule has 0 amide bonds. The first-order chi connectivity index (χ1) is 9.04. The largest absolute Gasteiger partial charge is 0.494 e. The molecule has 0 aliphatic heterocycles. The van der Waals surface area contributed by atoms with Crippen LogP contribution < -0.4 is 4.74 Å². The van der Waals surface area contributed by atoms with Gasteiger partial charge in [-0.1, -0.05) is 0 Å². The summed E-state index contributed by atoms with van der Waals surface area (Å²) in [5.74, 6) is 0.598. The quantitative estimate of drug-likeness (QED) is 0.516. The van der Waals surface area contributed by atoms with Gasteiger partial charge in [0.15, 0.2) is 0 Å². The maximum Gasteiger partial charge on any atom is 0.261 e. The van der Waals surface area contributed by atoms with Gasteiger partial charge in [0.2, 0.25) is 0 Å². The van der Waals surface area contributed by atoms with Crippen molar-refractivity contribution in [3.8, 4) is 5.75 Å². The molecular formula is C12H17ClO5S. The molecule has 0 bridgehead atoms. The molecule has 0 saturated carbocycles. The van der Waals surface area contributed by atoms with Gasteiger partial charge in [-0.15, -0.1) is 0 Å². The Morgan fingerprint density at radius 3 is 2.32 bits per heavy atom. The van der Waals surface area contributed by atoms with Gasteiger partial charge in [0, 0.05) is 30.8 Å². The Kier molecular flexibility index (Phi) is 7.15. The molecule has 0 radical (unpaired) electrons. The van der Waals surface area contributed by atoms with Gasteiger partial charge in [0.05, 0.1) is 24.7 Å². The molecule has 1 rings (SSSR count). The topological polar surface area (TPSA) is 61.8 Å². The molecule has 0 heterocycles. The Balaban J connectivity index is 2.23. The molecule has 0 saturated heterocycles. The first-order valence-electron chi connectivity index (χ1n) is 5.78. The summed E-state index contributed by atoms with van der Waals surface area (Å²) >= 11 is 0. The maximum atomic E-state index is 11.0. The van der Waals surface area contributed by atoms with Crippen LogP contribution in [0.5, 0.6) is 5.75 Å². The van der Waals surface area contributed by atoms with Crippen molar-refractivity contribution in [2.24, 2.45) is 0 Å². The summed E-state index contributed by atoms with van der Waals surface area (Å²) < 4.78 is 37.6. The molecular weight excluding hydrogens is 292 g/mol. The number of ether oxygens (including phenoxy) is 3. The second-order valence-corrected chi connectivity index (χ2v) is 6.28. The number of hydrogen-bond acceptors (Lipinski definition) is 5. The van der Waals surface area contributed by atoms with Crippen LogP contribution in [0.2, 0.25) is 0 Å². The van der Waals surface area contributed by atoms with Crippen molar-refractivity contribution >= 4 is 19.7 Å². The van der Waals surface area contributed by atoms with Crippen molar-refractivity contribution in [1.82, 2.24) is 0 Å². The highest BCUT2D eigenvalue weighted by molar-refractivity contribution is 8.13. The summed E-state index contributed by atoms with van der Waals surface area (Å²) in [6.07, 6.45) is 0.749. The van der Waals surface area contributed by atoms with Crippen LogP contribution in [0.3, 0.4) is 0 Å². The summed E-state index contributed by atoms with van der Waals surface area (Å²) in [6, 6.07) is 5.96. The summed E-state index contributed by atoms with van der Waals surface area (Å²) in [5, 5.41) is 0. The van der Waals surface area contributed by atoms with Gasteiger partial charge in [-0.3, -0.25) is 0 Å². The standard InChI is InChI=1S/C12H17ClO5S/c1-16-9-10-17-7-2-8-18-11-3-5-12(6-4-11)19(13,14)15/h3-6H,2,7-10H2,1H3. The lowest BCUT2D eigenvalue weighted by molar-refractivity contribution is 0.0644. The molecule has 0 unspecified atom stereocenters. The van der Waals surface area contributed by atoms with Crippen LogP contribution in [-0.2, 0) is 18.5 Å². The van der Waals surface area contributed by atoms with Crippen LogP contribution in [0.25, 0.3) is 0 Å². The molecule has 7 heteroatoms. The first-order valence-corrected chi connectivity index (χ1v) is 8.09. The number of methoxy groups -OCH3 is 1. The van der Waals surface area contributed by atoms with Crippen molar-refractivity contribution in [3.05, 3.63) is 24.3 Å². The highest BCUT2D eigenvalue weighted by Crippen LogP contribution is 2.18. The fourth-order valence-electron chi connectivity index (χ4n) is 1.29. The Morgan fingerprint density at radius 2 is 1.74 bits per heavy atom. The molecule has 5 nitrogen and oxygen atoms in total. The molecule has 108 valence electrons. The van der Waals surface area contributed by atoms with Gasteiger partial charge in [-0.25, -0.2) is 8.42 Å². The third-order valence-electron chi connectivity index (χ3n) is 2.24. The Hall–Kier alpha value is -0.820. The normalized spacial score (nSPS) is 11.5. The van der Waals surface area contributed by atoms with Gasteiger partial charge in [-0.05, 0) is 24.3 Å². The maximum absolute atomic E-state index is 11.0. The molecule has 0 aliphatic carbocycles. The minimum atomic E-state index is -3.67. The molecule has 0 atom stereocenters. The lowest BCUT2D eigenvalue weighted by atomic mass is 10.3. The Bertz CT molecular complexity index is 458. The van der Waals surface area contributed by atoms with E-state index in [0.29, 0.717) is 32.2 Å². The molecule has 0 aromatic heterocycles. The van der Waals surface area contributed by atoms with Gasteiger partial charge < -0.3 is 14.2 Å². The van der Waals surface area contributed by atoms with Gasteiger partial charge in [0.25, 0.3) is 9.05 Å². The minimum Gasteiger partial charge on any atom is -0.494 e. The van der Waals surface area contributed by atoms with E-state index in [0.717, 1.165) is 6.42 Å². The Labute approximate surface area is 117 Å². The number of hydrogen-bond donors (Lipinski definition) is 0. The van der Waals surface area contributed by atoms with E-state index in [9.17, 15) is 8.42 Å². The third kappa shape index (κ3) is 6.77. The van der Waals surface area contributed by atoms with Crippen molar-refractivity contribution in [2.45, 2.75) is 11.3 Å². The highest BCUT2D eigenvalue weighted by Gasteiger charge is 2.08. The molecule has 1 aromatic rings. The molecule has 0 fully saturated rings. The van der Waals surface area contributed by atoms with Gasteiger partial charge in [0.1, 0.15) is 5.75 Å². The summed E-state index contributed by atoms with van der Waals surface area (Å²) in [7, 11) is 3.15. The predicted octanol–water partition coefficient (Wildman–Crippen LogP) is 2.05. The van der Waals surface area contributed by atoms with E-state index in [1.807, 2.05) is 0 Å². The summed E-state index contributed by atoms with van der Waals surface area (Å²) in [6.45, 7) is 2.24. The first kappa shape index (κ1) is 16.2. The van der Waals surface area contributed by atoms with Crippen LogP contribution in [0.4, 0.5) is 0 Å². The van der Waals surface area contributed by atoms with E-state index < -0.39 is 9.05 Å². The lowest BCUT2D eigenvalue weighted by Crippen LogP contribution is -2.06. The molecule has 0 spiro atoms. The van der Waals surface area contributed by atoms with E-state index in [1.165, 1.54) is 12.1 Å². The summed E-state index contributed by atoms with van der Waals surface area (Å²) in [4.78, 5) is 0.0596. The third-order valence-corrected chi connectivity index (χ3v) is 3.61. The van der Waals surface area contributed by atoms with Gasteiger partial charge >= 0.3 is 0 Å². The van der Waals surface area contributed by atoms with Crippen molar-refractivity contribution in [3.63, 3.8) is 0 Å². The molecule has 0 aliphatic rings. The molecule has 19 heavy (non-hydrogen) atoms. The second kappa shape index (κ2) is 8.37. The van der Waals surface area contributed by atoms with E-state index in [-0.39, 0.29) is 4.90 Å². The monoisotopic (exact) mass is 308 g/mol. The zero-order chi connectivity index (χ0) is 14.1. The average molecular weight is 309 g/mol. The lowest BCUT2D eigenvalue weighted by Gasteiger charge is -2.07. The smallest absolute Gasteiger partial charge is 0.261 e. The average Bonchev–Trinajstić information content (AvgIpc) is 2.37. The van der Waals surface area contributed by atoms with Crippen LogP contribution >= 0.6 is 10.7 Å². The fraction of sp³-hybridized carbons (Fsp3) is 0.500. The van der Waals surface area contributed by atoms with E-state index >= 15 is 0 Å². The highest BCUT2D eigenvalue weighted by atomic mass is 35.7. The molecule has 1 aromatic carbocycles. The van der Waals surface area contributed by atoms with Crippen molar-refractivity contribution < 1.29 is 22.6 Å². The van der Waals surface area contributed by atoms with Crippen LogP contribution in [0.15, 0.2) is 29.2 Å². The van der Waals surface area contributed by atoms with E-state index in [1.54, 1.807) is 19.2 Å². The zero-order valence-corrected chi connectivity index (χ0v) is 12.2. The minimum absolute atomic E-state index is 0.0596. The zero-order valence-electron chi connectivity index (χ0n) is 10.7. The van der Waals surface area contributed by atoms with E-state index in [2.05, 4.69) is 0 Å². The SMILES string of the molecule is COCCOCCCOc1ccc(S(=O)(=O)Cl)cc1. The van der Waals surface area contributed by atoms with Gasteiger partial charge in [-0.2, -0.15) is 0 Å². The van der Waals surface area contributed by atoms with Crippen molar-refractivity contribution in [1.29, 1.82) is 0 Å². The number of halogens is 1. The van der Waals surface area contributed by atoms with Crippen LogP contribution in [-0.4, -0.2) is 42.0 Å². The fourth-order valence-corrected chi connectivity index (χ4v) is 2.06. The second-order valence-electron chi connectivity index (χ2n) is 3.72. The number of benzene rings is 1. The predicted molar refractivity (Wildman–Crippen MR) is 72.3 cm³/mol. The summed E-state index contributed by atoms with van der Waals surface area (Å²) in [5.41, 5.74) is 0. The van der Waals surface area contributed by atoms with Crippen LogP contribution in [0.1, 0.15) is 6.42 Å². The van der Waals surface area contributed by atoms with E-state index in [4.69, 9.17) is 24.9 Å². The molecule has 0 N–H and O–H groups in total. The Morgan fingerprint density at radius 1 is 1.05 bits per heavy atom.